The zero-order valence-corrected chi connectivity index (χ0v) is 7.46. The van der Waals surface area contributed by atoms with Gasteiger partial charge in [-0.15, -0.1) is 0 Å². The van der Waals surface area contributed by atoms with Crippen LogP contribution in [-0.4, -0.2) is 0 Å². The second kappa shape index (κ2) is 15.7. The highest BCUT2D eigenvalue weighted by molar-refractivity contribution is 4.99. The van der Waals surface area contributed by atoms with Gasteiger partial charge >= 0.3 is 0 Å². The first-order chi connectivity index (χ1) is 5.00. The van der Waals surface area contributed by atoms with Gasteiger partial charge in [0.05, 0.1) is 0 Å². The fourth-order valence-corrected chi connectivity index (χ4v) is 0.385. The Morgan fingerprint density at radius 3 is 0.700 bits per heavy atom. The highest BCUT2D eigenvalue weighted by Gasteiger charge is 1.57. The van der Waals surface area contributed by atoms with E-state index in [1.807, 2.05) is 64.1 Å². The first-order valence-corrected chi connectivity index (χ1v) is 4.00. The summed E-state index contributed by atoms with van der Waals surface area (Å²) in [6, 6.07) is 12.0. The summed E-state index contributed by atoms with van der Waals surface area (Å²) in [5.74, 6) is 0. The van der Waals surface area contributed by atoms with Gasteiger partial charge < -0.3 is 0 Å². The molecule has 0 heteroatoms. The third kappa shape index (κ3) is 10.3. The molecule has 0 aliphatic heterocycles. The van der Waals surface area contributed by atoms with Crippen LogP contribution in [0.25, 0.3) is 0 Å². The van der Waals surface area contributed by atoms with Crippen LogP contribution in [0.3, 0.4) is 0 Å². The van der Waals surface area contributed by atoms with Crippen molar-refractivity contribution in [3.8, 4) is 0 Å². The Balaban J connectivity index is -0.000000114. The van der Waals surface area contributed by atoms with Gasteiger partial charge in [-0.05, 0) is 0 Å². The van der Waals surface area contributed by atoms with Crippen molar-refractivity contribution in [2.45, 2.75) is 27.7 Å². The van der Waals surface area contributed by atoms with Crippen molar-refractivity contribution in [3.63, 3.8) is 0 Å². The van der Waals surface area contributed by atoms with Crippen LogP contribution in [0.5, 0.6) is 0 Å². The molecule has 1 aromatic rings. The van der Waals surface area contributed by atoms with E-state index in [4.69, 9.17) is 0 Å². The fourth-order valence-electron chi connectivity index (χ4n) is 0.385. The summed E-state index contributed by atoms with van der Waals surface area (Å²) in [7, 11) is 0. The van der Waals surface area contributed by atoms with Gasteiger partial charge in [-0.1, -0.05) is 64.1 Å². The lowest BCUT2D eigenvalue weighted by Gasteiger charge is -1.69. The Morgan fingerprint density at radius 1 is 0.500 bits per heavy atom. The Labute approximate surface area is 66.4 Å². The molecule has 10 heavy (non-hydrogen) atoms. The average molecular weight is 141 g/mol. The first-order valence-electron chi connectivity index (χ1n) is 4.00. The van der Waals surface area contributed by atoms with E-state index < -0.39 is 0 Å². The summed E-state index contributed by atoms with van der Waals surface area (Å²) >= 11 is 0. The SMILES string of the molecule is CC.CC.[2HH].c1ccccc1. The van der Waals surface area contributed by atoms with E-state index in [2.05, 4.69) is 0 Å². The molecule has 0 atom stereocenters. The minimum atomic E-state index is 0. The molecule has 0 heterocycles. The van der Waals surface area contributed by atoms with E-state index in [1.54, 1.807) is 0 Å². The van der Waals surface area contributed by atoms with Crippen LogP contribution < -0.4 is 0 Å². The van der Waals surface area contributed by atoms with Gasteiger partial charge in [-0.2, -0.15) is 0 Å². The molecule has 0 spiro atoms. The molecule has 60 valence electrons. The average Bonchev–Trinajstić information content (AvgIpc) is 2.14. The molecular formula is C10H20. The summed E-state index contributed by atoms with van der Waals surface area (Å²) < 4.78 is 0. The molecule has 0 saturated heterocycles. The summed E-state index contributed by atoms with van der Waals surface area (Å²) in [6.07, 6.45) is 0. The molecule has 0 aliphatic carbocycles. The van der Waals surface area contributed by atoms with E-state index >= 15 is 0 Å². The smallest absolute Gasteiger partial charge is 0 e. The van der Waals surface area contributed by atoms with E-state index in [0.29, 0.717) is 0 Å². The van der Waals surface area contributed by atoms with Crippen LogP contribution in [0, 0.1) is 0 Å². The van der Waals surface area contributed by atoms with Crippen molar-refractivity contribution in [1.82, 2.24) is 0 Å². The Bertz CT molecular complexity index is 76.8. The molecule has 0 aliphatic rings. The van der Waals surface area contributed by atoms with Gasteiger partial charge in [0.2, 0.25) is 0 Å². The molecule has 1 rings (SSSR count). The van der Waals surface area contributed by atoms with E-state index in [-0.39, 0.29) is 1.43 Å². The molecule has 0 fully saturated rings. The number of hydrogen-bond acceptors (Lipinski definition) is 0. The van der Waals surface area contributed by atoms with Crippen molar-refractivity contribution in [1.29, 1.82) is 0 Å². The Kier molecular flexibility index (Phi) is 18.8. The van der Waals surface area contributed by atoms with Gasteiger partial charge in [0.1, 0.15) is 0 Å². The van der Waals surface area contributed by atoms with Crippen LogP contribution in [0.15, 0.2) is 36.4 Å². The summed E-state index contributed by atoms with van der Waals surface area (Å²) in [5.41, 5.74) is 0. The third-order valence-electron chi connectivity index (χ3n) is 0.667. The highest BCUT2D eigenvalue weighted by atomic mass is 13.6. The molecule has 0 unspecified atom stereocenters. The van der Waals surface area contributed by atoms with E-state index in [9.17, 15) is 0 Å². The molecule has 0 aromatic heterocycles. The second-order valence-electron chi connectivity index (χ2n) is 1.15. The van der Waals surface area contributed by atoms with Crippen LogP contribution in [-0.2, 0) is 0 Å². The lowest BCUT2D eigenvalue weighted by atomic mass is 10.4. The van der Waals surface area contributed by atoms with Gasteiger partial charge in [-0.25, -0.2) is 0 Å². The summed E-state index contributed by atoms with van der Waals surface area (Å²) in [6.45, 7) is 8.00. The Morgan fingerprint density at radius 2 is 0.600 bits per heavy atom. The largest absolute Gasteiger partial charge is 0.0683 e. The normalized spacial score (nSPS) is 6.00. The Hall–Kier alpha value is -0.780. The van der Waals surface area contributed by atoms with Gasteiger partial charge in [0.25, 0.3) is 0 Å². The molecule has 0 nitrogen and oxygen atoms in total. The standard InChI is InChI=1S/C6H6.2C2H6.H2/c1-2-4-6-5-3-1;2*1-2;/h1-6H;2*1-2H3;1H/i;;;1+1. The summed E-state index contributed by atoms with van der Waals surface area (Å²) in [5, 5.41) is 0. The quantitative estimate of drug-likeness (QED) is 0.512. The van der Waals surface area contributed by atoms with Crippen molar-refractivity contribution in [2.75, 3.05) is 0 Å². The molecule has 0 amide bonds. The third-order valence-corrected chi connectivity index (χ3v) is 0.667. The van der Waals surface area contributed by atoms with Crippen molar-refractivity contribution in [2.24, 2.45) is 0 Å². The maximum atomic E-state index is 2.00. The molecule has 0 N–H and O–H groups in total. The molecule has 0 bridgehead atoms. The summed E-state index contributed by atoms with van der Waals surface area (Å²) in [4.78, 5) is 0. The van der Waals surface area contributed by atoms with E-state index in [1.165, 1.54) is 0 Å². The zero-order chi connectivity index (χ0) is 8.24. The molecule has 0 radical (unpaired) electrons. The van der Waals surface area contributed by atoms with Gasteiger partial charge in [0.15, 0.2) is 0 Å². The fraction of sp³-hybridized carbons (Fsp3) is 0.400. The maximum Gasteiger partial charge on any atom is 0 e. The van der Waals surface area contributed by atoms with Crippen LogP contribution in [0.2, 0.25) is 0 Å². The molecule has 1 aromatic carbocycles. The van der Waals surface area contributed by atoms with E-state index in [0.717, 1.165) is 0 Å². The number of benzene rings is 1. The number of hydrogen-bond donors (Lipinski definition) is 0. The maximum absolute atomic E-state index is 2.00. The first kappa shape index (κ1) is 12.0. The number of rotatable bonds is 0. The van der Waals surface area contributed by atoms with Gasteiger partial charge in [0, 0.05) is 1.43 Å². The van der Waals surface area contributed by atoms with Crippen molar-refractivity contribution in [3.05, 3.63) is 36.4 Å². The van der Waals surface area contributed by atoms with Crippen LogP contribution in [0.4, 0.5) is 0 Å². The van der Waals surface area contributed by atoms with Crippen LogP contribution >= 0.6 is 0 Å². The topological polar surface area (TPSA) is 0 Å². The zero-order valence-electron chi connectivity index (χ0n) is 7.46. The van der Waals surface area contributed by atoms with Gasteiger partial charge in [-0.3, -0.25) is 0 Å². The lowest BCUT2D eigenvalue weighted by Crippen LogP contribution is -1.47. The second-order valence-corrected chi connectivity index (χ2v) is 1.15. The minimum absolute atomic E-state index is 0. The predicted molar refractivity (Wildman–Crippen MR) is 51.3 cm³/mol. The molecular weight excluding hydrogens is 120 g/mol. The molecule has 0 saturated carbocycles. The van der Waals surface area contributed by atoms with Crippen LogP contribution in [0.1, 0.15) is 29.1 Å². The predicted octanol–water partition coefficient (Wildman–Crippen LogP) is 3.99. The minimum Gasteiger partial charge on any atom is -0.0683 e. The lowest BCUT2D eigenvalue weighted by molar-refractivity contribution is 1.50. The van der Waals surface area contributed by atoms with Crippen molar-refractivity contribution >= 4 is 0 Å². The monoisotopic (exact) mass is 141 g/mol. The van der Waals surface area contributed by atoms with Crippen molar-refractivity contribution < 1.29 is 1.43 Å². The highest BCUT2D eigenvalue weighted by Crippen LogP contribution is 1.79.